The summed E-state index contributed by atoms with van der Waals surface area (Å²) in [6, 6.07) is 2.83. The van der Waals surface area contributed by atoms with Gasteiger partial charge in [0, 0.05) is 13.0 Å². The fourth-order valence-corrected chi connectivity index (χ4v) is 2.95. The zero-order valence-corrected chi connectivity index (χ0v) is 15.6. The van der Waals surface area contributed by atoms with Gasteiger partial charge in [-0.1, -0.05) is 11.6 Å². The van der Waals surface area contributed by atoms with Crippen molar-refractivity contribution < 1.29 is 23.9 Å². The van der Waals surface area contributed by atoms with E-state index >= 15 is 0 Å². The maximum atomic E-state index is 12.0. The van der Waals surface area contributed by atoms with E-state index in [2.05, 4.69) is 15.8 Å². The molecule has 2 N–H and O–H groups in total. The second kappa shape index (κ2) is 7.43. The van der Waals surface area contributed by atoms with E-state index in [1.54, 1.807) is 26.0 Å². The molecule has 1 saturated heterocycles. The predicted molar refractivity (Wildman–Crippen MR) is 97.1 cm³/mol. The molecule has 1 aromatic rings. The van der Waals surface area contributed by atoms with Crippen molar-refractivity contribution in [2.75, 3.05) is 19.8 Å². The second-order valence-electron chi connectivity index (χ2n) is 6.58. The first-order chi connectivity index (χ1) is 12.8. The van der Waals surface area contributed by atoms with E-state index in [1.165, 1.54) is 6.21 Å². The number of carbonyl (C=O) groups is 3. The minimum Gasteiger partial charge on any atom is -0.486 e. The molecule has 27 heavy (non-hydrogen) atoms. The molecule has 144 valence electrons. The van der Waals surface area contributed by atoms with Crippen molar-refractivity contribution in [2.24, 2.45) is 5.10 Å². The van der Waals surface area contributed by atoms with Crippen LogP contribution in [-0.2, 0) is 9.59 Å². The summed E-state index contributed by atoms with van der Waals surface area (Å²) in [6.45, 7) is 4.06. The Morgan fingerprint density at radius 1 is 1.37 bits per heavy atom. The summed E-state index contributed by atoms with van der Waals surface area (Å²) in [5.74, 6) is 0.207. The lowest BCUT2D eigenvalue weighted by atomic mass is 10.1. The highest BCUT2D eigenvalue weighted by molar-refractivity contribution is 6.32. The zero-order chi connectivity index (χ0) is 19.6. The van der Waals surface area contributed by atoms with Gasteiger partial charge in [0.05, 0.1) is 11.2 Å². The van der Waals surface area contributed by atoms with Crippen LogP contribution in [0.1, 0.15) is 25.8 Å². The smallest absolute Gasteiger partial charge is 0.325 e. The van der Waals surface area contributed by atoms with Gasteiger partial charge in [0.25, 0.3) is 5.91 Å². The van der Waals surface area contributed by atoms with Crippen molar-refractivity contribution in [2.45, 2.75) is 25.8 Å². The Labute approximate surface area is 160 Å². The Balaban J connectivity index is 1.53. The molecule has 1 aromatic carbocycles. The van der Waals surface area contributed by atoms with Crippen LogP contribution in [-0.4, -0.2) is 54.3 Å². The van der Waals surface area contributed by atoms with Gasteiger partial charge in [0.1, 0.15) is 18.8 Å². The molecule has 0 unspecified atom stereocenters. The topological polar surface area (TPSA) is 109 Å². The minimum atomic E-state index is -0.955. The summed E-state index contributed by atoms with van der Waals surface area (Å²) in [4.78, 5) is 36.7. The maximum absolute atomic E-state index is 12.0. The maximum Gasteiger partial charge on any atom is 0.325 e. The average Bonchev–Trinajstić information content (AvgIpc) is 2.80. The SMILES string of the molecule is CC1(C)NC(=O)N(CCC(=O)N/N=C\c2cc(Cl)c3c(c2)OCCO3)C1=O. The van der Waals surface area contributed by atoms with Crippen molar-refractivity contribution in [3.05, 3.63) is 22.7 Å². The Morgan fingerprint density at radius 2 is 2.11 bits per heavy atom. The number of halogens is 1. The number of hydrogen-bond acceptors (Lipinski definition) is 6. The molecule has 0 spiro atoms. The fourth-order valence-electron chi connectivity index (χ4n) is 2.67. The summed E-state index contributed by atoms with van der Waals surface area (Å²) in [6.07, 6.45) is 1.35. The van der Waals surface area contributed by atoms with Gasteiger partial charge >= 0.3 is 6.03 Å². The number of ether oxygens (including phenoxy) is 2. The van der Waals surface area contributed by atoms with Crippen molar-refractivity contribution in [1.29, 1.82) is 0 Å². The molecule has 2 heterocycles. The van der Waals surface area contributed by atoms with Crippen LogP contribution in [0, 0.1) is 0 Å². The van der Waals surface area contributed by atoms with Crippen molar-refractivity contribution in [1.82, 2.24) is 15.6 Å². The molecule has 0 atom stereocenters. The van der Waals surface area contributed by atoms with E-state index in [9.17, 15) is 14.4 Å². The van der Waals surface area contributed by atoms with E-state index in [0.717, 1.165) is 4.90 Å². The number of amides is 4. The summed E-state index contributed by atoms with van der Waals surface area (Å²) >= 11 is 6.13. The Morgan fingerprint density at radius 3 is 2.81 bits per heavy atom. The first kappa shape index (κ1) is 19.0. The van der Waals surface area contributed by atoms with Gasteiger partial charge < -0.3 is 14.8 Å². The van der Waals surface area contributed by atoms with Crippen LogP contribution in [0.5, 0.6) is 11.5 Å². The normalized spacial score (nSPS) is 18.0. The van der Waals surface area contributed by atoms with Gasteiger partial charge in [-0.25, -0.2) is 10.2 Å². The quantitative estimate of drug-likeness (QED) is 0.444. The first-order valence-corrected chi connectivity index (χ1v) is 8.71. The number of hydrazone groups is 1. The highest BCUT2D eigenvalue weighted by atomic mass is 35.5. The van der Waals surface area contributed by atoms with Gasteiger partial charge in [-0.15, -0.1) is 0 Å². The molecule has 2 aliphatic heterocycles. The molecule has 0 bridgehead atoms. The van der Waals surface area contributed by atoms with Gasteiger partial charge in [-0.2, -0.15) is 5.10 Å². The third kappa shape index (κ3) is 4.13. The van der Waals surface area contributed by atoms with Crippen LogP contribution < -0.4 is 20.2 Å². The number of benzene rings is 1. The summed E-state index contributed by atoms with van der Waals surface area (Å²) in [5.41, 5.74) is 2.02. The number of nitrogens with zero attached hydrogens (tertiary/aromatic N) is 2. The van der Waals surface area contributed by atoms with Gasteiger partial charge in [0.2, 0.25) is 5.91 Å². The summed E-state index contributed by atoms with van der Waals surface area (Å²) in [7, 11) is 0. The van der Waals surface area contributed by atoms with Gasteiger partial charge in [-0.05, 0) is 31.5 Å². The predicted octanol–water partition coefficient (Wildman–Crippen LogP) is 1.28. The largest absolute Gasteiger partial charge is 0.486 e. The summed E-state index contributed by atoms with van der Waals surface area (Å²) in [5, 5.41) is 6.80. The van der Waals surface area contributed by atoms with E-state index in [4.69, 9.17) is 21.1 Å². The van der Waals surface area contributed by atoms with E-state index in [0.29, 0.717) is 35.3 Å². The number of carbonyl (C=O) groups excluding carboxylic acids is 3. The number of fused-ring (bicyclic) bond motifs is 1. The van der Waals surface area contributed by atoms with Crippen molar-refractivity contribution in [3.63, 3.8) is 0 Å². The van der Waals surface area contributed by atoms with Crippen LogP contribution in [0.25, 0.3) is 0 Å². The molecule has 0 radical (unpaired) electrons. The van der Waals surface area contributed by atoms with Crippen molar-refractivity contribution >= 4 is 35.7 Å². The number of rotatable bonds is 5. The molecular weight excluding hydrogens is 376 g/mol. The average molecular weight is 395 g/mol. The number of urea groups is 1. The fraction of sp³-hybridized carbons (Fsp3) is 0.412. The van der Waals surface area contributed by atoms with Gasteiger partial charge in [0.15, 0.2) is 11.5 Å². The van der Waals surface area contributed by atoms with E-state index in [1.807, 2.05) is 0 Å². The molecule has 10 heteroatoms. The lowest BCUT2D eigenvalue weighted by Gasteiger charge is -2.19. The monoisotopic (exact) mass is 394 g/mol. The molecule has 0 aromatic heterocycles. The lowest BCUT2D eigenvalue weighted by Crippen LogP contribution is -2.40. The Bertz CT molecular complexity index is 824. The molecule has 0 saturated carbocycles. The van der Waals surface area contributed by atoms with E-state index < -0.39 is 17.5 Å². The van der Waals surface area contributed by atoms with Crippen LogP contribution in [0.15, 0.2) is 17.2 Å². The molecular formula is C17H19ClN4O5. The second-order valence-corrected chi connectivity index (χ2v) is 6.99. The third-order valence-electron chi connectivity index (χ3n) is 4.03. The Hall–Kier alpha value is -2.81. The lowest BCUT2D eigenvalue weighted by molar-refractivity contribution is -0.130. The number of hydrogen-bond donors (Lipinski definition) is 2. The zero-order valence-electron chi connectivity index (χ0n) is 14.9. The highest BCUT2D eigenvalue weighted by Gasteiger charge is 2.43. The summed E-state index contributed by atoms with van der Waals surface area (Å²) < 4.78 is 10.9. The standard InChI is InChI=1S/C17H19ClN4O5/c1-17(2)15(24)22(16(25)20-17)4-3-13(23)21-19-9-10-7-11(18)14-12(8-10)26-5-6-27-14/h7-9H,3-6H2,1-2H3,(H,20,25)(H,21,23)/b19-9-. The highest BCUT2D eigenvalue weighted by Crippen LogP contribution is 2.37. The van der Waals surface area contributed by atoms with Gasteiger partial charge in [-0.3, -0.25) is 14.5 Å². The van der Waals surface area contributed by atoms with E-state index in [-0.39, 0.29) is 18.9 Å². The van der Waals surface area contributed by atoms with Crippen LogP contribution in [0.4, 0.5) is 4.79 Å². The molecule has 2 aliphatic rings. The molecule has 3 rings (SSSR count). The molecule has 1 fully saturated rings. The third-order valence-corrected chi connectivity index (χ3v) is 4.31. The van der Waals surface area contributed by atoms with Crippen LogP contribution >= 0.6 is 11.6 Å². The first-order valence-electron chi connectivity index (χ1n) is 8.33. The minimum absolute atomic E-state index is 0.0225. The molecule has 0 aliphatic carbocycles. The van der Waals surface area contributed by atoms with Crippen molar-refractivity contribution in [3.8, 4) is 11.5 Å². The number of nitrogens with one attached hydrogen (secondary N) is 2. The van der Waals surface area contributed by atoms with Crippen LogP contribution in [0.2, 0.25) is 5.02 Å². The van der Waals surface area contributed by atoms with Crippen LogP contribution in [0.3, 0.4) is 0 Å². The Kier molecular flexibility index (Phi) is 5.22. The molecule has 9 nitrogen and oxygen atoms in total. The number of imide groups is 1. The molecule has 4 amide bonds.